The first-order valence-electron chi connectivity index (χ1n) is 10.9. The molecule has 0 saturated carbocycles. The average Bonchev–Trinajstić information content (AvgIpc) is 2.75. The first-order chi connectivity index (χ1) is 16.1. The van der Waals surface area contributed by atoms with Crippen LogP contribution in [0.15, 0.2) is 48.5 Å². The van der Waals surface area contributed by atoms with Gasteiger partial charge in [0, 0.05) is 11.6 Å². The molecule has 0 aliphatic rings. The first-order valence-corrected chi connectivity index (χ1v) is 10.9. The van der Waals surface area contributed by atoms with Gasteiger partial charge in [-0.2, -0.15) is 0 Å². The van der Waals surface area contributed by atoms with Gasteiger partial charge in [-0.1, -0.05) is 50.1 Å². The van der Waals surface area contributed by atoms with Gasteiger partial charge in [-0.15, -0.1) is 13.2 Å². The number of hydrogen-bond acceptors (Lipinski definition) is 1. The standard InChI is InChI=1S/C26H23F6O2/c1-2-3-4-5-16-6-10-18(11-7-16)24-22(33)15-20(27)19(25(24)29)12-8-17-9-13-23(21(28)14-17)34-26(30,31)32/h6-7,9-11,13-15H,2-5,8,12H2,1H3. The summed E-state index contributed by atoms with van der Waals surface area (Å²) < 4.78 is 84.0. The lowest BCUT2D eigenvalue weighted by Crippen LogP contribution is -2.18. The Morgan fingerprint density at radius 1 is 0.794 bits per heavy atom. The lowest BCUT2D eigenvalue weighted by molar-refractivity contribution is -0.275. The third-order valence-corrected chi connectivity index (χ3v) is 5.47. The fourth-order valence-corrected chi connectivity index (χ4v) is 3.73. The van der Waals surface area contributed by atoms with Crippen LogP contribution in [0.1, 0.15) is 42.9 Å². The maximum absolute atomic E-state index is 15.2. The van der Waals surface area contributed by atoms with Crippen molar-refractivity contribution in [2.24, 2.45) is 0 Å². The fraction of sp³-hybridized carbons (Fsp3) is 0.308. The summed E-state index contributed by atoms with van der Waals surface area (Å²) in [5, 5.41) is 12.3. The van der Waals surface area contributed by atoms with Crippen molar-refractivity contribution < 1.29 is 36.2 Å². The van der Waals surface area contributed by atoms with Crippen molar-refractivity contribution in [3.63, 3.8) is 0 Å². The van der Waals surface area contributed by atoms with E-state index in [2.05, 4.69) is 11.7 Å². The van der Waals surface area contributed by atoms with Crippen LogP contribution in [0.2, 0.25) is 0 Å². The summed E-state index contributed by atoms with van der Waals surface area (Å²) >= 11 is 0. The summed E-state index contributed by atoms with van der Waals surface area (Å²) in [6, 6.07) is 10.4. The van der Waals surface area contributed by atoms with E-state index >= 15 is 4.39 Å². The molecular weight excluding hydrogens is 458 g/mol. The summed E-state index contributed by atoms with van der Waals surface area (Å²) in [6.45, 7) is 2.10. The highest BCUT2D eigenvalue weighted by atomic mass is 19.4. The molecule has 0 heterocycles. The smallest absolute Gasteiger partial charge is 0.403 e. The highest BCUT2D eigenvalue weighted by molar-refractivity contribution is 5.72. The van der Waals surface area contributed by atoms with Gasteiger partial charge in [-0.05, 0) is 54.5 Å². The molecule has 0 aromatic heterocycles. The SMILES string of the molecule is CCCCCc1ccc(-c2c([O])cc(F)c(CCc3ccc(OC(F)(F)F)c(F)c3)c2F)cc1. The molecule has 0 saturated heterocycles. The molecule has 0 bridgehead atoms. The zero-order chi connectivity index (χ0) is 24.9. The fourth-order valence-electron chi connectivity index (χ4n) is 3.73. The van der Waals surface area contributed by atoms with Crippen molar-refractivity contribution in [3.05, 3.63) is 82.7 Å². The number of ether oxygens (including phenoxy) is 1. The quantitative estimate of drug-likeness (QED) is 0.223. The molecule has 0 spiro atoms. The molecule has 3 aromatic carbocycles. The molecule has 1 radical (unpaired) electrons. The number of alkyl halides is 3. The van der Waals surface area contributed by atoms with Crippen molar-refractivity contribution in [1.29, 1.82) is 0 Å². The van der Waals surface area contributed by atoms with Crippen molar-refractivity contribution in [2.75, 3.05) is 0 Å². The Morgan fingerprint density at radius 2 is 1.47 bits per heavy atom. The zero-order valence-electron chi connectivity index (χ0n) is 18.4. The van der Waals surface area contributed by atoms with Crippen LogP contribution < -0.4 is 4.74 Å². The van der Waals surface area contributed by atoms with E-state index in [0.29, 0.717) is 11.6 Å². The second-order valence-electron chi connectivity index (χ2n) is 7.99. The third kappa shape index (κ3) is 6.46. The third-order valence-electron chi connectivity index (χ3n) is 5.47. The van der Waals surface area contributed by atoms with Crippen molar-refractivity contribution in [1.82, 2.24) is 0 Å². The number of halogens is 6. The van der Waals surface area contributed by atoms with Gasteiger partial charge >= 0.3 is 6.36 Å². The van der Waals surface area contributed by atoms with Crippen molar-refractivity contribution in [2.45, 2.75) is 51.8 Å². The summed E-state index contributed by atoms with van der Waals surface area (Å²) in [5.74, 6) is -5.06. The Labute approximate surface area is 193 Å². The topological polar surface area (TPSA) is 29.1 Å². The van der Waals surface area contributed by atoms with Gasteiger partial charge in [-0.3, -0.25) is 5.11 Å². The van der Waals surface area contributed by atoms with Crippen LogP contribution in [0.25, 0.3) is 11.1 Å². The van der Waals surface area contributed by atoms with Crippen LogP contribution in [0.3, 0.4) is 0 Å². The summed E-state index contributed by atoms with van der Waals surface area (Å²) in [4.78, 5) is 0. The van der Waals surface area contributed by atoms with E-state index in [1.54, 1.807) is 24.3 Å². The number of hydrogen-bond donors (Lipinski definition) is 0. The van der Waals surface area contributed by atoms with Crippen LogP contribution in [0.4, 0.5) is 26.3 Å². The summed E-state index contributed by atoms with van der Waals surface area (Å²) in [5.41, 5.74) is 0.985. The molecular formula is C26H23F6O2. The molecule has 0 atom stereocenters. The monoisotopic (exact) mass is 481 g/mol. The molecule has 0 amide bonds. The Morgan fingerprint density at radius 3 is 2.09 bits per heavy atom. The molecule has 3 rings (SSSR count). The van der Waals surface area contributed by atoms with Gasteiger partial charge in [0.15, 0.2) is 17.3 Å². The molecule has 0 unspecified atom stereocenters. The maximum Gasteiger partial charge on any atom is 0.573 e. The first kappa shape index (κ1) is 25.5. The zero-order valence-corrected chi connectivity index (χ0v) is 18.4. The number of benzene rings is 3. The van der Waals surface area contributed by atoms with Gasteiger partial charge < -0.3 is 4.74 Å². The Hall–Kier alpha value is -3.16. The van der Waals surface area contributed by atoms with E-state index in [1.165, 1.54) is 6.07 Å². The second-order valence-corrected chi connectivity index (χ2v) is 7.99. The predicted octanol–water partition coefficient (Wildman–Crippen LogP) is 8.33. The van der Waals surface area contributed by atoms with Crippen molar-refractivity contribution in [3.8, 4) is 22.6 Å². The minimum Gasteiger partial charge on any atom is -0.403 e. The van der Waals surface area contributed by atoms with Gasteiger partial charge in [0.05, 0.1) is 5.56 Å². The minimum atomic E-state index is -5.04. The van der Waals surface area contributed by atoms with Gasteiger partial charge in [-0.25, -0.2) is 13.2 Å². The second kappa shape index (κ2) is 10.8. The van der Waals surface area contributed by atoms with Gasteiger partial charge in [0.2, 0.25) is 0 Å². The van der Waals surface area contributed by atoms with E-state index in [0.717, 1.165) is 43.4 Å². The molecule has 8 heteroatoms. The number of aryl methyl sites for hydroxylation is 2. The van der Waals surface area contributed by atoms with Crippen LogP contribution >= 0.6 is 0 Å². The number of rotatable bonds is 9. The lowest BCUT2D eigenvalue weighted by Gasteiger charge is -2.13. The maximum atomic E-state index is 15.2. The molecule has 0 aliphatic heterocycles. The van der Waals surface area contributed by atoms with Gasteiger partial charge in [0.1, 0.15) is 11.6 Å². The lowest BCUT2D eigenvalue weighted by atomic mass is 9.95. The van der Waals surface area contributed by atoms with Crippen LogP contribution in [0, 0.1) is 17.5 Å². The summed E-state index contributed by atoms with van der Waals surface area (Å²) in [7, 11) is 0. The molecule has 0 fully saturated rings. The molecule has 2 nitrogen and oxygen atoms in total. The molecule has 34 heavy (non-hydrogen) atoms. The summed E-state index contributed by atoms with van der Waals surface area (Å²) in [6.07, 6.45) is -1.28. The van der Waals surface area contributed by atoms with Crippen LogP contribution in [-0.2, 0) is 24.4 Å². The largest absolute Gasteiger partial charge is 0.573 e. The van der Waals surface area contributed by atoms with E-state index in [1.807, 2.05) is 0 Å². The highest BCUT2D eigenvalue weighted by Gasteiger charge is 2.32. The average molecular weight is 481 g/mol. The van der Waals surface area contributed by atoms with E-state index in [4.69, 9.17) is 0 Å². The van der Waals surface area contributed by atoms with E-state index in [9.17, 15) is 27.1 Å². The van der Waals surface area contributed by atoms with Crippen molar-refractivity contribution >= 4 is 0 Å². The Balaban J connectivity index is 1.80. The predicted molar refractivity (Wildman–Crippen MR) is 116 cm³/mol. The molecule has 0 N–H and O–H groups in total. The van der Waals surface area contributed by atoms with E-state index in [-0.39, 0.29) is 29.5 Å². The van der Waals surface area contributed by atoms with Gasteiger partial charge in [0.25, 0.3) is 0 Å². The number of unbranched alkanes of at least 4 members (excludes halogenated alkanes) is 2. The molecule has 181 valence electrons. The molecule has 0 aliphatic carbocycles. The van der Waals surface area contributed by atoms with E-state index < -0.39 is 35.3 Å². The molecule has 3 aromatic rings. The Bertz CT molecular complexity index is 1120. The highest BCUT2D eigenvalue weighted by Crippen LogP contribution is 2.36. The normalized spacial score (nSPS) is 11.6. The van der Waals surface area contributed by atoms with Crippen LogP contribution in [0.5, 0.6) is 11.5 Å². The van der Waals surface area contributed by atoms with Crippen LogP contribution in [-0.4, -0.2) is 6.36 Å². The minimum absolute atomic E-state index is 0.0644. The Kier molecular flexibility index (Phi) is 8.12.